The van der Waals surface area contributed by atoms with E-state index in [4.69, 9.17) is 9.84 Å². The number of ether oxygens (including phenoxy) is 1. The molecule has 0 bridgehead atoms. The van der Waals surface area contributed by atoms with Crippen molar-refractivity contribution in [2.75, 3.05) is 18.0 Å². The maximum Gasteiger partial charge on any atom is 0.303 e. The number of pyridine rings is 1. The van der Waals surface area contributed by atoms with Gasteiger partial charge in [0.2, 0.25) is 5.88 Å². The Kier molecular flexibility index (Phi) is 5.15. The summed E-state index contributed by atoms with van der Waals surface area (Å²) in [6, 6.07) is 7.75. The molecule has 1 aliphatic carbocycles. The highest BCUT2D eigenvalue weighted by atomic mass is 19.1. The Labute approximate surface area is 162 Å². The van der Waals surface area contributed by atoms with Crippen LogP contribution in [-0.4, -0.2) is 35.3 Å². The van der Waals surface area contributed by atoms with Crippen molar-refractivity contribution in [1.29, 1.82) is 0 Å². The molecule has 0 amide bonds. The molecule has 1 saturated carbocycles. The maximum absolute atomic E-state index is 14.8. The van der Waals surface area contributed by atoms with Crippen molar-refractivity contribution < 1.29 is 23.4 Å². The van der Waals surface area contributed by atoms with E-state index in [9.17, 15) is 13.6 Å². The molecule has 2 aromatic rings. The number of hydrogen-bond donors (Lipinski definition) is 1. The largest absolute Gasteiger partial charge is 0.481 e. The van der Waals surface area contributed by atoms with E-state index in [-0.39, 0.29) is 24.1 Å². The number of carboxylic acid groups (broad SMARTS) is 1. The third-order valence-electron chi connectivity index (χ3n) is 5.44. The second-order valence-corrected chi connectivity index (χ2v) is 7.52. The van der Waals surface area contributed by atoms with Crippen LogP contribution in [0.15, 0.2) is 30.3 Å². The standard InChI is InChI=1S/C21H22F2N2O3/c22-16-10-14(18-5-2-6-19(24-18)28-15-3-1-4-15)11-17(23)21(16)25-8-7-13(12-25)9-20(26)27/h2,5-6,10-11,13,15H,1,3-4,7-9,12H2,(H,26,27). The van der Waals surface area contributed by atoms with E-state index >= 15 is 0 Å². The number of nitrogens with zero attached hydrogens (tertiary/aromatic N) is 2. The van der Waals surface area contributed by atoms with Gasteiger partial charge in [0.15, 0.2) is 0 Å². The number of carbonyl (C=O) groups is 1. The smallest absolute Gasteiger partial charge is 0.303 e. The lowest BCUT2D eigenvalue weighted by Gasteiger charge is -2.25. The van der Waals surface area contributed by atoms with Crippen molar-refractivity contribution in [2.24, 2.45) is 5.92 Å². The topological polar surface area (TPSA) is 62.7 Å². The Hall–Kier alpha value is -2.70. The third-order valence-corrected chi connectivity index (χ3v) is 5.44. The Morgan fingerprint density at radius 2 is 1.96 bits per heavy atom. The molecule has 1 N–H and O–H groups in total. The zero-order chi connectivity index (χ0) is 19.7. The van der Waals surface area contributed by atoms with Gasteiger partial charge in [0.1, 0.15) is 23.4 Å². The lowest BCUT2D eigenvalue weighted by molar-refractivity contribution is -0.137. The quantitative estimate of drug-likeness (QED) is 0.801. The molecule has 148 valence electrons. The fraction of sp³-hybridized carbons (Fsp3) is 0.429. The fourth-order valence-corrected chi connectivity index (χ4v) is 3.77. The zero-order valence-corrected chi connectivity index (χ0v) is 15.4. The first-order valence-electron chi connectivity index (χ1n) is 9.59. The first-order valence-corrected chi connectivity index (χ1v) is 9.59. The number of rotatable bonds is 6. The first-order chi connectivity index (χ1) is 13.5. The summed E-state index contributed by atoms with van der Waals surface area (Å²) in [4.78, 5) is 16.8. The minimum absolute atomic E-state index is 0.00945. The summed E-state index contributed by atoms with van der Waals surface area (Å²) in [7, 11) is 0. The molecule has 1 aromatic heterocycles. The molecule has 5 nitrogen and oxygen atoms in total. The summed E-state index contributed by atoms with van der Waals surface area (Å²) in [6.07, 6.45) is 3.94. The van der Waals surface area contributed by atoms with Gasteiger partial charge in [0, 0.05) is 31.1 Å². The van der Waals surface area contributed by atoms with Gasteiger partial charge in [-0.15, -0.1) is 0 Å². The predicted molar refractivity (Wildman–Crippen MR) is 100 cm³/mol. The summed E-state index contributed by atoms with van der Waals surface area (Å²) in [5.74, 6) is -1.87. The van der Waals surface area contributed by atoms with Crippen molar-refractivity contribution in [1.82, 2.24) is 4.98 Å². The highest BCUT2D eigenvalue weighted by molar-refractivity contribution is 5.68. The van der Waals surface area contributed by atoms with E-state index in [2.05, 4.69) is 4.98 Å². The molecule has 1 saturated heterocycles. The summed E-state index contributed by atoms with van der Waals surface area (Å²) < 4.78 is 35.3. The lowest BCUT2D eigenvalue weighted by atomic mass is 9.96. The fourth-order valence-electron chi connectivity index (χ4n) is 3.77. The molecule has 2 heterocycles. The van der Waals surface area contributed by atoms with E-state index in [0.29, 0.717) is 36.6 Å². The monoisotopic (exact) mass is 388 g/mol. The molecule has 4 rings (SSSR count). The van der Waals surface area contributed by atoms with Crippen molar-refractivity contribution >= 4 is 11.7 Å². The molecule has 1 aliphatic heterocycles. The number of anilines is 1. The minimum Gasteiger partial charge on any atom is -0.481 e. The molecular weight excluding hydrogens is 366 g/mol. The second kappa shape index (κ2) is 7.73. The van der Waals surface area contributed by atoms with Gasteiger partial charge < -0.3 is 14.7 Å². The molecular formula is C21H22F2N2O3. The zero-order valence-electron chi connectivity index (χ0n) is 15.4. The van der Waals surface area contributed by atoms with Crippen molar-refractivity contribution in [3.05, 3.63) is 42.0 Å². The molecule has 0 radical (unpaired) electrons. The van der Waals surface area contributed by atoms with Crippen LogP contribution in [0.1, 0.15) is 32.1 Å². The Bertz CT molecular complexity index is 863. The third kappa shape index (κ3) is 3.93. The van der Waals surface area contributed by atoms with Crippen LogP contribution < -0.4 is 9.64 Å². The van der Waals surface area contributed by atoms with Gasteiger partial charge in [-0.25, -0.2) is 13.8 Å². The normalized spacial score (nSPS) is 19.5. The van der Waals surface area contributed by atoms with Gasteiger partial charge in [0.05, 0.1) is 5.69 Å². The Balaban J connectivity index is 1.54. The summed E-state index contributed by atoms with van der Waals surface area (Å²) in [5, 5.41) is 8.91. The Morgan fingerprint density at radius 1 is 1.21 bits per heavy atom. The highest BCUT2D eigenvalue weighted by Crippen LogP contribution is 2.34. The van der Waals surface area contributed by atoms with Gasteiger partial charge in [-0.1, -0.05) is 6.07 Å². The van der Waals surface area contributed by atoms with Crippen LogP contribution >= 0.6 is 0 Å². The molecule has 7 heteroatoms. The summed E-state index contributed by atoms with van der Waals surface area (Å²) in [5.41, 5.74) is 0.698. The van der Waals surface area contributed by atoms with Crippen LogP contribution in [0.3, 0.4) is 0 Å². The minimum atomic E-state index is -0.891. The summed E-state index contributed by atoms with van der Waals surface area (Å²) in [6.45, 7) is 0.774. The number of aromatic nitrogens is 1. The van der Waals surface area contributed by atoms with Gasteiger partial charge in [-0.05, 0) is 49.8 Å². The van der Waals surface area contributed by atoms with Gasteiger partial charge in [-0.2, -0.15) is 0 Å². The second-order valence-electron chi connectivity index (χ2n) is 7.52. The van der Waals surface area contributed by atoms with Gasteiger partial charge in [-0.3, -0.25) is 4.79 Å². The lowest BCUT2D eigenvalue weighted by Crippen LogP contribution is -2.25. The van der Waals surface area contributed by atoms with Crippen molar-refractivity contribution in [2.45, 2.75) is 38.2 Å². The van der Waals surface area contributed by atoms with Crippen LogP contribution in [0, 0.1) is 17.6 Å². The van der Waals surface area contributed by atoms with E-state index in [0.717, 1.165) is 19.3 Å². The maximum atomic E-state index is 14.8. The molecule has 0 spiro atoms. The van der Waals surface area contributed by atoms with Crippen LogP contribution in [0.5, 0.6) is 5.88 Å². The van der Waals surface area contributed by atoms with Crippen molar-refractivity contribution in [3.63, 3.8) is 0 Å². The van der Waals surface area contributed by atoms with Crippen LogP contribution in [0.25, 0.3) is 11.3 Å². The summed E-state index contributed by atoms with van der Waals surface area (Å²) >= 11 is 0. The molecule has 1 atom stereocenters. The number of carboxylic acids is 1. The van der Waals surface area contributed by atoms with E-state index in [1.54, 1.807) is 23.1 Å². The number of benzene rings is 1. The molecule has 2 fully saturated rings. The number of hydrogen-bond acceptors (Lipinski definition) is 4. The Morgan fingerprint density at radius 3 is 2.61 bits per heavy atom. The van der Waals surface area contributed by atoms with Crippen LogP contribution in [0.2, 0.25) is 0 Å². The van der Waals surface area contributed by atoms with Crippen LogP contribution in [0.4, 0.5) is 14.5 Å². The van der Waals surface area contributed by atoms with E-state index in [1.807, 2.05) is 0 Å². The van der Waals surface area contributed by atoms with Gasteiger partial charge >= 0.3 is 5.97 Å². The number of aliphatic carboxylic acids is 1. The first kappa shape index (κ1) is 18.7. The predicted octanol–water partition coefficient (Wildman–Crippen LogP) is 4.26. The molecule has 2 aliphatic rings. The van der Waals surface area contributed by atoms with Crippen molar-refractivity contribution in [3.8, 4) is 17.1 Å². The average Bonchev–Trinajstić information content (AvgIpc) is 3.05. The molecule has 28 heavy (non-hydrogen) atoms. The average molecular weight is 388 g/mol. The highest BCUT2D eigenvalue weighted by Gasteiger charge is 2.28. The van der Waals surface area contributed by atoms with E-state index in [1.165, 1.54) is 12.1 Å². The molecule has 1 aromatic carbocycles. The SMILES string of the molecule is O=C(O)CC1CCN(c2c(F)cc(-c3cccc(OC4CCC4)n3)cc2F)C1. The van der Waals surface area contributed by atoms with Crippen LogP contribution in [-0.2, 0) is 4.79 Å². The van der Waals surface area contributed by atoms with Gasteiger partial charge in [0.25, 0.3) is 0 Å². The van der Waals surface area contributed by atoms with E-state index < -0.39 is 17.6 Å². The molecule has 1 unspecified atom stereocenters. The number of halogens is 2.